The van der Waals surface area contributed by atoms with E-state index in [2.05, 4.69) is 11.9 Å². The van der Waals surface area contributed by atoms with Gasteiger partial charge in [-0.3, -0.25) is 4.79 Å². The lowest BCUT2D eigenvalue weighted by atomic mass is 10.3. The van der Waals surface area contributed by atoms with Crippen molar-refractivity contribution < 1.29 is 4.79 Å². The lowest BCUT2D eigenvalue weighted by molar-refractivity contribution is -0.128. The molecule has 1 heterocycles. The molecule has 3 heteroatoms. The minimum Gasteiger partial charge on any atom is -0.386 e. The monoisotopic (exact) mass is 200 g/mol. The first-order chi connectivity index (χ1) is 6.70. The van der Waals surface area contributed by atoms with E-state index in [1.54, 1.807) is 11.8 Å². The van der Waals surface area contributed by atoms with Gasteiger partial charge in [-0.1, -0.05) is 34.3 Å². The van der Waals surface area contributed by atoms with Crippen LogP contribution in [0.4, 0.5) is 0 Å². The minimum absolute atomic E-state index is 0.127. The van der Waals surface area contributed by atoms with E-state index in [4.69, 9.17) is 0 Å². The summed E-state index contributed by atoms with van der Waals surface area (Å²) in [7, 11) is 0. The van der Waals surface area contributed by atoms with E-state index in [-0.39, 0.29) is 5.91 Å². The van der Waals surface area contributed by atoms with Crippen LogP contribution in [0.2, 0.25) is 0 Å². The number of piperazine rings is 1. The highest BCUT2D eigenvalue weighted by molar-refractivity contribution is 5.73. The standard InChI is InChI=1S/C7H12N2O.2C2H6/c1-6-5-9(7(2)10)4-3-8-6;2*1-2/h8H,1,3-5H2,2H3;2*1-2H3. The molecule has 0 spiro atoms. The predicted octanol–water partition coefficient (Wildman–Crippen LogP) is 2.00. The summed E-state index contributed by atoms with van der Waals surface area (Å²) < 4.78 is 0. The van der Waals surface area contributed by atoms with Crippen LogP contribution in [0.3, 0.4) is 0 Å². The van der Waals surface area contributed by atoms with Gasteiger partial charge >= 0.3 is 0 Å². The summed E-state index contributed by atoms with van der Waals surface area (Å²) in [4.78, 5) is 12.6. The van der Waals surface area contributed by atoms with Crippen molar-refractivity contribution in [3.05, 3.63) is 12.3 Å². The molecule has 1 fully saturated rings. The Labute approximate surface area is 88.2 Å². The van der Waals surface area contributed by atoms with Crippen molar-refractivity contribution in [3.8, 4) is 0 Å². The van der Waals surface area contributed by atoms with Gasteiger partial charge in [0.05, 0.1) is 6.54 Å². The summed E-state index contributed by atoms with van der Waals surface area (Å²) in [5.74, 6) is 0.127. The molecule has 0 aromatic heterocycles. The van der Waals surface area contributed by atoms with Crippen molar-refractivity contribution in [2.75, 3.05) is 19.6 Å². The largest absolute Gasteiger partial charge is 0.386 e. The summed E-state index contributed by atoms with van der Waals surface area (Å²) in [5.41, 5.74) is 0.932. The van der Waals surface area contributed by atoms with Crippen molar-refractivity contribution in [2.45, 2.75) is 34.6 Å². The molecule has 14 heavy (non-hydrogen) atoms. The van der Waals surface area contributed by atoms with E-state index in [1.807, 2.05) is 27.7 Å². The molecule has 1 rings (SSSR count). The molecule has 0 saturated carbocycles. The number of rotatable bonds is 0. The van der Waals surface area contributed by atoms with Crippen molar-refractivity contribution in [1.29, 1.82) is 0 Å². The van der Waals surface area contributed by atoms with Crippen LogP contribution in [0.5, 0.6) is 0 Å². The first-order valence-corrected chi connectivity index (χ1v) is 5.37. The average molecular weight is 200 g/mol. The lowest BCUT2D eigenvalue weighted by Gasteiger charge is -2.28. The van der Waals surface area contributed by atoms with Gasteiger partial charge in [0.25, 0.3) is 0 Å². The molecule has 0 atom stereocenters. The number of nitrogens with zero attached hydrogens (tertiary/aromatic N) is 1. The molecule has 1 aliphatic heterocycles. The Morgan fingerprint density at radius 1 is 1.36 bits per heavy atom. The number of nitrogens with one attached hydrogen (secondary N) is 1. The van der Waals surface area contributed by atoms with Crippen LogP contribution in [-0.2, 0) is 4.79 Å². The fourth-order valence-corrected chi connectivity index (χ4v) is 1.00. The number of hydrogen-bond donors (Lipinski definition) is 1. The van der Waals surface area contributed by atoms with Crippen molar-refractivity contribution in [2.24, 2.45) is 0 Å². The van der Waals surface area contributed by atoms with Crippen LogP contribution >= 0.6 is 0 Å². The zero-order valence-electron chi connectivity index (χ0n) is 10.2. The highest BCUT2D eigenvalue weighted by Crippen LogP contribution is 1.99. The predicted molar refractivity (Wildman–Crippen MR) is 62.1 cm³/mol. The van der Waals surface area contributed by atoms with Crippen LogP contribution in [0.15, 0.2) is 12.3 Å². The molecule has 1 saturated heterocycles. The zero-order chi connectivity index (χ0) is 11.6. The maximum atomic E-state index is 10.8. The topological polar surface area (TPSA) is 32.3 Å². The summed E-state index contributed by atoms with van der Waals surface area (Å²) in [6.45, 7) is 15.6. The summed E-state index contributed by atoms with van der Waals surface area (Å²) >= 11 is 0. The number of carbonyl (C=O) groups is 1. The third-order valence-corrected chi connectivity index (χ3v) is 1.58. The number of hydrogen-bond acceptors (Lipinski definition) is 2. The molecule has 0 bridgehead atoms. The third kappa shape index (κ3) is 6.52. The van der Waals surface area contributed by atoms with Crippen LogP contribution in [0.25, 0.3) is 0 Å². The Morgan fingerprint density at radius 2 is 1.86 bits per heavy atom. The minimum atomic E-state index is 0.127. The smallest absolute Gasteiger partial charge is 0.219 e. The van der Waals surface area contributed by atoms with Crippen molar-refractivity contribution in [1.82, 2.24) is 10.2 Å². The first-order valence-electron chi connectivity index (χ1n) is 5.37. The number of carbonyl (C=O) groups excluding carboxylic acids is 1. The highest BCUT2D eigenvalue weighted by atomic mass is 16.2. The van der Waals surface area contributed by atoms with E-state index >= 15 is 0 Å². The molecule has 0 aliphatic carbocycles. The van der Waals surface area contributed by atoms with Crippen LogP contribution in [-0.4, -0.2) is 30.4 Å². The molecule has 0 unspecified atom stereocenters. The molecule has 0 aromatic carbocycles. The van der Waals surface area contributed by atoms with E-state index in [0.29, 0.717) is 6.54 Å². The van der Waals surface area contributed by atoms with E-state index in [1.165, 1.54) is 0 Å². The van der Waals surface area contributed by atoms with Gasteiger partial charge in [-0.15, -0.1) is 0 Å². The van der Waals surface area contributed by atoms with Crippen molar-refractivity contribution >= 4 is 5.91 Å². The Balaban J connectivity index is 0. The molecule has 1 amide bonds. The Hall–Kier alpha value is -0.990. The second-order valence-electron chi connectivity index (χ2n) is 2.47. The fourth-order valence-electron chi connectivity index (χ4n) is 1.00. The maximum Gasteiger partial charge on any atom is 0.219 e. The fraction of sp³-hybridized carbons (Fsp3) is 0.727. The van der Waals surface area contributed by atoms with Crippen LogP contribution in [0, 0.1) is 0 Å². The molecule has 1 aliphatic rings. The molecule has 1 N–H and O–H groups in total. The van der Waals surface area contributed by atoms with E-state index < -0.39 is 0 Å². The first kappa shape index (κ1) is 15.5. The van der Waals surface area contributed by atoms with Crippen LogP contribution in [0.1, 0.15) is 34.6 Å². The Bertz CT molecular complexity index is 165. The summed E-state index contributed by atoms with van der Waals surface area (Å²) in [5, 5.41) is 3.08. The molecular weight excluding hydrogens is 176 g/mol. The second-order valence-corrected chi connectivity index (χ2v) is 2.47. The van der Waals surface area contributed by atoms with Crippen molar-refractivity contribution in [3.63, 3.8) is 0 Å². The Morgan fingerprint density at radius 3 is 2.14 bits per heavy atom. The SMILES string of the molecule is C=C1CN(C(C)=O)CCN1.CC.CC. The zero-order valence-corrected chi connectivity index (χ0v) is 10.2. The third-order valence-electron chi connectivity index (χ3n) is 1.58. The van der Waals surface area contributed by atoms with Gasteiger partial charge in [0.15, 0.2) is 0 Å². The second kappa shape index (κ2) is 10.1. The molecular formula is C11H24N2O. The van der Waals surface area contributed by atoms with Gasteiger partial charge in [0.2, 0.25) is 5.91 Å². The van der Waals surface area contributed by atoms with Gasteiger partial charge in [0.1, 0.15) is 0 Å². The van der Waals surface area contributed by atoms with Gasteiger partial charge in [0, 0.05) is 25.7 Å². The average Bonchev–Trinajstić information content (AvgIpc) is 2.24. The molecule has 84 valence electrons. The van der Waals surface area contributed by atoms with Gasteiger partial charge in [-0.25, -0.2) is 0 Å². The van der Waals surface area contributed by atoms with E-state index in [0.717, 1.165) is 18.8 Å². The van der Waals surface area contributed by atoms with Crippen LogP contribution < -0.4 is 5.32 Å². The molecule has 3 nitrogen and oxygen atoms in total. The molecule has 0 radical (unpaired) electrons. The number of amides is 1. The lowest BCUT2D eigenvalue weighted by Crippen LogP contribution is -2.43. The summed E-state index contributed by atoms with van der Waals surface area (Å²) in [6.07, 6.45) is 0. The van der Waals surface area contributed by atoms with Gasteiger partial charge < -0.3 is 10.2 Å². The summed E-state index contributed by atoms with van der Waals surface area (Å²) in [6, 6.07) is 0. The van der Waals surface area contributed by atoms with Gasteiger partial charge in [-0.05, 0) is 0 Å². The highest BCUT2D eigenvalue weighted by Gasteiger charge is 2.13. The Kier molecular flexibility index (Phi) is 11.2. The quantitative estimate of drug-likeness (QED) is 0.648. The molecule has 0 aromatic rings. The van der Waals surface area contributed by atoms with Gasteiger partial charge in [-0.2, -0.15) is 0 Å². The van der Waals surface area contributed by atoms with E-state index in [9.17, 15) is 4.79 Å². The maximum absolute atomic E-state index is 10.8. The normalized spacial score (nSPS) is 14.1.